The fraction of sp³-hybridized carbons (Fsp3) is 1.00. The average Bonchev–Trinajstić information content (AvgIpc) is 2.49. The van der Waals surface area contributed by atoms with Crippen LogP contribution in [0.4, 0.5) is 0 Å². The SMILES string of the molecule is CCCCC1CCC(CNC(C)CN(CC)CC)CC1. The van der Waals surface area contributed by atoms with Crippen LogP contribution >= 0.6 is 0 Å². The van der Waals surface area contributed by atoms with Crippen LogP contribution < -0.4 is 5.32 Å². The van der Waals surface area contributed by atoms with E-state index in [1.165, 1.54) is 71.1 Å². The van der Waals surface area contributed by atoms with Gasteiger partial charge in [-0.1, -0.05) is 52.9 Å². The van der Waals surface area contributed by atoms with E-state index in [4.69, 9.17) is 0 Å². The van der Waals surface area contributed by atoms with Crippen molar-refractivity contribution in [2.45, 2.75) is 78.7 Å². The van der Waals surface area contributed by atoms with E-state index in [1.54, 1.807) is 0 Å². The third kappa shape index (κ3) is 7.08. The van der Waals surface area contributed by atoms with E-state index in [0.717, 1.165) is 11.8 Å². The predicted octanol–water partition coefficient (Wildman–Crippen LogP) is 4.30. The van der Waals surface area contributed by atoms with Gasteiger partial charge in [0.2, 0.25) is 0 Å². The van der Waals surface area contributed by atoms with Crippen molar-refractivity contribution in [3.63, 3.8) is 0 Å². The molecule has 1 rings (SSSR count). The van der Waals surface area contributed by atoms with Crippen LogP contribution in [0, 0.1) is 11.8 Å². The Morgan fingerprint density at radius 3 is 2.15 bits per heavy atom. The van der Waals surface area contributed by atoms with Crippen molar-refractivity contribution in [2.24, 2.45) is 11.8 Å². The molecule has 2 heteroatoms. The smallest absolute Gasteiger partial charge is 0.0166 e. The molecule has 1 aliphatic rings. The maximum atomic E-state index is 3.77. The largest absolute Gasteiger partial charge is 0.313 e. The lowest BCUT2D eigenvalue weighted by atomic mass is 9.80. The van der Waals surface area contributed by atoms with Crippen LogP contribution in [0.2, 0.25) is 0 Å². The van der Waals surface area contributed by atoms with E-state index in [0.29, 0.717) is 6.04 Å². The summed E-state index contributed by atoms with van der Waals surface area (Å²) in [6, 6.07) is 0.632. The van der Waals surface area contributed by atoms with Gasteiger partial charge in [0.25, 0.3) is 0 Å². The predicted molar refractivity (Wildman–Crippen MR) is 90.2 cm³/mol. The number of likely N-dealkylation sites (N-methyl/N-ethyl adjacent to an activating group) is 1. The van der Waals surface area contributed by atoms with Crippen molar-refractivity contribution in [1.82, 2.24) is 10.2 Å². The molecule has 0 aromatic heterocycles. The second-order valence-electron chi connectivity index (χ2n) is 6.82. The Bertz CT molecular complexity index is 217. The standard InChI is InChI=1S/C18H38N2/c1-5-8-9-17-10-12-18(13-11-17)14-19-16(4)15-20(6-2)7-3/h16-19H,5-15H2,1-4H3. The van der Waals surface area contributed by atoms with Crippen LogP contribution in [-0.2, 0) is 0 Å². The molecule has 2 nitrogen and oxygen atoms in total. The van der Waals surface area contributed by atoms with Crippen molar-refractivity contribution in [1.29, 1.82) is 0 Å². The Labute approximate surface area is 127 Å². The first kappa shape index (κ1) is 18.0. The van der Waals surface area contributed by atoms with Gasteiger partial charge in [-0.2, -0.15) is 0 Å². The summed E-state index contributed by atoms with van der Waals surface area (Å²) < 4.78 is 0. The second kappa shape index (κ2) is 10.6. The summed E-state index contributed by atoms with van der Waals surface area (Å²) in [7, 11) is 0. The fourth-order valence-corrected chi connectivity index (χ4v) is 3.52. The summed E-state index contributed by atoms with van der Waals surface area (Å²) in [4.78, 5) is 2.51. The summed E-state index contributed by atoms with van der Waals surface area (Å²) in [6.45, 7) is 13.9. The van der Waals surface area contributed by atoms with Gasteiger partial charge in [0, 0.05) is 12.6 Å². The van der Waals surface area contributed by atoms with E-state index < -0.39 is 0 Å². The molecule has 0 spiro atoms. The minimum atomic E-state index is 0.632. The lowest BCUT2D eigenvalue weighted by molar-refractivity contribution is 0.232. The first-order chi connectivity index (χ1) is 9.69. The van der Waals surface area contributed by atoms with Gasteiger partial charge in [-0.15, -0.1) is 0 Å². The number of unbranched alkanes of at least 4 members (excludes halogenated alkanes) is 1. The van der Waals surface area contributed by atoms with Crippen molar-refractivity contribution < 1.29 is 0 Å². The Balaban J connectivity index is 2.11. The topological polar surface area (TPSA) is 15.3 Å². The molecule has 0 aromatic carbocycles. The molecule has 0 bridgehead atoms. The molecule has 0 heterocycles. The fourth-order valence-electron chi connectivity index (χ4n) is 3.52. The van der Waals surface area contributed by atoms with Gasteiger partial charge < -0.3 is 10.2 Å². The van der Waals surface area contributed by atoms with Crippen molar-refractivity contribution in [2.75, 3.05) is 26.2 Å². The van der Waals surface area contributed by atoms with Crippen LogP contribution in [0.25, 0.3) is 0 Å². The summed E-state index contributed by atoms with van der Waals surface area (Å²) >= 11 is 0. The number of nitrogens with one attached hydrogen (secondary N) is 1. The highest BCUT2D eigenvalue weighted by Crippen LogP contribution is 2.31. The maximum absolute atomic E-state index is 3.77. The summed E-state index contributed by atoms with van der Waals surface area (Å²) in [6.07, 6.45) is 10.2. The zero-order valence-corrected chi connectivity index (χ0v) is 14.5. The van der Waals surface area contributed by atoms with Gasteiger partial charge in [-0.3, -0.25) is 0 Å². The molecule has 1 N–H and O–H groups in total. The summed E-state index contributed by atoms with van der Waals surface area (Å²) in [5.74, 6) is 1.98. The Morgan fingerprint density at radius 1 is 1.00 bits per heavy atom. The molecule has 1 unspecified atom stereocenters. The normalized spacial score (nSPS) is 25.1. The van der Waals surface area contributed by atoms with E-state index in [-0.39, 0.29) is 0 Å². The molecule has 0 radical (unpaired) electrons. The second-order valence-corrected chi connectivity index (χ2v) is 6.82. The highest BCUT2D eigenvalue weighted by Gasteiger charge is 2.21. The first-order valence-electron chi connectivity index (χ1n) is 9.15. The molecule has 1 fully saturated rings. The van der Waals surface area contributed by atoms with Gasteiger partial charge in [-0.05, 0) is 51.2 Å². The molecule has 0 aromatic rings. The summed E-state index contributed by atoms with van der Waals surface area (Å²) in [5, 5.41) is 3.77. The zero-order valence-electron chi connectivity index (χ0n) is 14.5. The Kier molecular flexibility index (Phi) is 9.54. The number of rotatable bonds is 10. The van der Waals surface area contributed by atoms with E-state index in [1.807, 2.05) is 0 Å². The van der Waals surface area contributed by atoms with E-state index in [9.17, 15) is 0 Å². The van der Waals surface area contributed by atoms with Gasteiger partial charge in [0.15, 0.2) is 0 Å². The highest BCUT2D eigenvalue weighted by atomic mass is 15.1. The van der Waals surface area contributed by atoms with Gasteiger partial charge in [0.1, 0.15) is 0 Å². The molecular formula is C18H38N2. The van der Waals surface area contributed by atoms with Gasteiger partial charge in [0.05, 0.1) is 0 Å². The molecule has 120 valence electrons. The van der Waals surface area contributed by atoms with Crippen LogP contribution in [0.1, 0.15) is 72.6 Å². The van der Waals surface area contributed by atoms with Gasteiger partial charge >= 0.3 is 0 Å². The zero-order chi connectivity index (χ0) is 14.8. The summed E-state index contributed by atoms with van der Waals surface area (Å²) in [5.41, 5.74) is 0. The molecule has 1 aliphatic carbocycles. The molecule has 0 aliphatic heterocycles. The third-order valence-corrected chi connectivity index (χ3v) is 5.11. The number of hydrogen-bond donors (Lipinski definition) is 1. The van der Waals surface area contributed by atoms with Crippen LogP contribution in [0.3, 0.4) is 0 Å². The lowest BCUT2D eigenvalue weighted by Gasteiger charge is -2.30. The van der Waals surface area contributed by atoms with Crippen LogP contribution in [0.15, 0.2) is 0 Å². The molecule has 0 amide bonds. The first-order valence-corrected chi connectivity index (χ1v) is 9.15. The highest BCUT2D eigenvalue weighted by molar-refractivity contribution is 4.76. The van der Waals surface area contributed by atoms with Crippen molar-refractivity contribution in [3.8, 4) is 0 Å². The minimum absolute atomic E-state index is 0.632. The third-order valence-electron chi connectivity index (χ3n) is 5.11. The van der Waals surface area contributed by atoms with E-state index in [2.05, 4.69) is 37.9 Å². The van der Waals surface area contributed by atoms with Gasteiger partial charge in [-0.25, -0.2) is 0 Å². The molecule has 20 heavy (non-hydrogen) atoms. The van der Waals surface area contributed by atoms with Crippen molar-refractivity contribution >= 4 is 0 Å². The monoisotopic (exact) mass is 282 g/mol. The van der Waals surface area contributed by atoms with E-state index >= 15 is 0 Å². The van der Waals surface area contributed by atoms with Crippen LogP contribution in [0.5, 0.6) is 0 Å². The van der Waals surface area contributed by atoms with Crippen LogP contribution in [-0.4, -0.2) is 37.1 Å². The Morgan fingerprint density at radius 2 is 1.60 bits per heavy atom. The minimum Gasteiger partial charge on any atom is -0.313 e. The number of hydrogen-bond acceptors (Lipinski definition) is 2. The molecular weight excluding hydrogens is 244 g/mol. The quantitative estimate of drug-likeness (QED) is 0.642. The lowest BCUT2D eigenvalue weighted by Crippen LogP contribution is -2.41. The number of nitrogens with zero attached hydrogens (tertiary/aromatic N) is 1. The van der Waals surface area contributed by atoms with Crippen molar-refractivity contribution in [3.05, 3.63) is 0 Å². The molecule has 0 saturated heterocycles. The molecule has 1 atom stereocenters. The maximum Gasteiger partial charge on any atom is 0.0166 e. The molecule has 1 saturated carbocycles. The average molecular weight is 283 g/mol. The Hall–Kier alpha value is -0.0800.